The highest BCUT2D eigenvalue weighted by atomic mass is 14.8. The standard InChI is InChI=1S/C8H17BN/c1-2-9-10-8-6-4-3-5-7-8/h8,10H,2-7H2,1H3. The van der Waals surface area contributed by atoms with Crippen LogP contribution >= 0.6 is 0 Å². The molecular formula is C8H17BN. The molecule has 0 unspecified atom stereocenters. The SMILES string of the molecule is CC[B]NC1CCCCC1. The fraction of sp³-hybridized carbons (Fsp3) is 1.00. The van der Waals surface area contributed by atoms with Crippen molar-refractivity contribution in [1.29, 1.82) is 0 Å². The lowest BCUT2D eigenvalue weighted by atomic mass is 9.85. The average molecular weight is 138 g/mol. The lowest BCUT2D eigenvalue weighted by Crippen LogP contribution is -2.33. The molecule has 0 aliphatic heterocycles. The first-order valence-corrected chi connectivity index (χ1v) is 4.51. The van der Waals surface area contributed by atoms with Crippen LogP contribution in [-0.4, -0.2) is 13.5 Å². The molecule has 10 heavy (non-hydrogen) atoms. The first-order valence-electron chi connectivity index (χ1n) is 4.51. The van der Waals surface area contributed by atoms with Crippen LogP contribution in [0.1, 0.15) is 39.0 Å². The van der Waals surface area contributed by atoms with E-state index in [1.54, 1.807) is 0 Å². The van der Waals surface area contributed by atoms with Crippen LogP contribution in [0.2, 0.25) is 6.32 Å². The molecule has 0 spiro atoms. The quantitative estimate of drug-likeness (QED) is 0.588. The Labute approximate surface area is 64.8 Å². The van der Waals surface area contributed by atoms with E-state index in [9.17, 15) is 0 Å². The predicted molar refractivity (Wildman–Crippen MR) is 46.2 cm³/mol. The molecule has 1 fully saturated rings. The largest absolute Gasteiger partial charge is 0.358 e. The van der Waals surface area contributed by atoms with E-state index < -0.39 is 0 Å². The monoisotopic (exact) mass is 138 g/mol. The van der Waals surface area contributed by atoms with Crippen LogP contribution in [0.25, 0.3) is 0 Å². The zero-order chi connectivity index (χ0) is 7.23. The molecule has 0 aromatic rings. The Kier molecular flexibility index (Phi) is 3.88. The van der Waals surface area contributed by atoms with Crippen molar-refractivity contribution in [2.45, 2.75) is 51.4 Å². The molecule has 0 atom stereocenters. The van der Waals surface area contributed by atoms with Crippen molar-refractivity contribution in [2.75, 3.05) is 0 Å². The maximum absolute atomic E-state index is 3.45. The Morgan fingerprint density at radius 3 is 2.60 bits per heavy atom. The zero-order valence-corrected chi connectivity index (χ0v) is 6.90. The topological polar surface area (TPSA) is 12.0 Å². The Hall–Kier alpha value is 0.0249. The van der Waals surface area contributed by atoms with E-state index in [4.69, 9.17) is 0 Å². The first-order chi connectivity index (χ1) is 4.93. The molecule has 1 aliphatic carbocycles. The van der Waals surface area contributed by atoms with Gasteiger partial charge in [0.25, 0.3) is 0 Å². The van der Waals surface area contributed by atoms with E-state index in [2.05, 4.69) is 19.6 Å². The van der Waals surface area contributed by atoms with Crippen LogP contribution in [-0.2, 0) is 0 Å². The molecule has 1 aliphatic rings. The van der Waals surface area contributed by atoms with Gasteiger partial charge >= 0.3 is 0 Å². The highest BCUT2D eigenvalue weighted by Gasteiger charge is 2.11. The zero-order valence-electron chi connectivity index (χ0n) is 6.90. The maximum Gasteiger partial charge on any atom is 0.205 e. The third-order valence-electron chi connectivity index (χ3n) is 2.16. The van der Waals surface area contributed by atoms with Gasteiger partial charge in [0.1, 0.15) is 0 Å². The van der Waals surface area contributed by atoms with E-state index >= 15 is 0 Å². The first kappa shape index (κ1) is 8.12. The molecule has 1 rings (SSSR count). The molecule has 1 nitrogen and oxygen atoms in total. The predicted octanol–water partition coefficient (Wildman–Crippen LogP) is 1.97. The molecule has 0 aromatic carbocycles. The smallest absolute Gasteiger partial charge is 0.205 e. The third kappa shape index (κ3) is 2.74. The molecule has 1 radical (unpaired) electrons. The van der Waals surface area contributed by atoms with Crippen molar-refractivity contribution in [3.8, 4) is 0 Å². The number of rotatable bonds is 3. The molecule has 0 aromatic heterocycles. The van der Waals surface area contributed by atoms with Crippen molar-refractivity contribution < 1.29 is 0 Å². The van der Waals surface area contributed by atoms with Crippen LogP contribution < -0.4 is 5.23 Å². The van der Waals surface area contributed by atoms with E-state index in [1.165, 1.54) is 32.1 Å². The normalized spacial score (nSPS) is 20.9. The summed E-state index contributed by atoms with van der Waals surface area (Å²) in [6.07, 6.45) is 8.22. The highest BCUT2D eigenvalue weighted by molar-refractivity contribution is 6.31. The summed E-state index contributed by atoms with van der Waals surface area (Å²) in [6.45, 7) is 2.18. The van der Waals surface area contributed by atoms with Gasteiger partial charge in [0.05, 0.1) is 0 Å². The van der Waals surface area contributed by atoms with Crippen molar-refractivity contribution in [3.05, 3.63) is 0 Å². The summed E-state index contributed by atoms with van der Waals surface area (Å²) in [6, 6.07) is 0.800. The minimum atomic E-state index is 0.800. The molecule has 1 N–H and O–H groups in total. The van der Waals surface area contributed by atoms with Crippen LogP contribution in [0.4, 0.5) is 0 Å². The molecule has 57 valence electrons. The summed E-state index contributed by atoms with van der Waals surface area (Å²) in [5.74, 6) is 0. The summed E-state index contributed by atoms with van der Waals surface area (Å²) < 4.78 is 0. The summed E-state index contributed by atoms with van der Waals surface area (Å²) in [5.41, 5.74) is 0. The second-order valence-electron chi connectivity index (χ2n) is 3.11. The fourth-order valence-corrected chi connectivity index (χ4v) is 1.55. The van der Waals surface area contributed by atoms with Gasteiger partial charge in [-0.2, -0.15) is 0 Å². The summed E-state index contributed by atoms with van der Waals surface area (Å²) in [7, 11) is 2.19. The molecule has 0 bridgehead atoms. The fourth-order valence-electron chi connectivity index (χ4n) is 1.55. The van der Waals surface area contributed by atoms with E-state index in [0.717, 1.165) is 12.4 Å². The van der Waals surface area contributed by atoms with Gasteiger partial charge in [0.15, 0.2) is 0 Å². The Bertz CT molecular complexity index is 79.3. The average Bonchev–Trinajstić information content (AvgIpc) is 2.03. The Morgan fingerprint density at radius 2 is 2.00 bits per heavy atom. The molecule has 0 heterocycles. The number of hydrogen-bond acceptors (Lipinski definition) is 1. The van der Waals surface area contributed by atoms with Crippen molar-refractivity contribution in [1.82, 2.24) is 5.23 Å². The van der Waals surface area contributed by atoms with Crippen molar-refractivity contribution in [2.24, 2.45) is 0 Å². The van der Waals surface area contributed by atoms with Gasteiger partial charge in [-0.25, -0.2) is 0 Å². The lowest BCUT2D eigenvalue weighted by Gasteiger charge is -2.22. The molecule has 1 saturated carbocycles. The minimum Gasteiger partial charge on any atom is -0.358 e. The van der Waals surface area contributed by atoms with Gasteiger partial charge in [0.2, 0.25) is 7.41 Å². The molecular weight excluding hydrogens is 121 g/mol. The molecule has 0 saturated heterocycles. The van der Waals surface area contributed by atoms with Gasteiger partial charge < -0.3 is 5.23 Å². The van der Waals surface area contributed by atoms with Crippen LogP contribution in [0.15, 0.2) is 0 Å². The third-order valence-corrected chi connectivity index (χ3v) is 2.16. The van der Waals surface area contributed by atoms with Gasteiger partial charge in [-0.1, -0.05) is 32.5 Å². The summed E-state index contributed by atoms with van der Waals surface area (Å²) in [4.78, 5) is 0. The van der Waals surface area contributed by atoms with Crippen molar-refractivity contribution >= 4 is 7.41 Å². The second-order valence-corrected chi connectivity index (χ2v) is 3.11. The van der Waals surface area contributed by atoms with E-state index in [-0.39, 0.29) is 0 Å². The van der Waals surface area contributed by atoms with Gasteiger partial charge in [-0.05, 0) is 18.9 Å². The number of hydrogen-bond donors (Lipinski definition) is 1. The lowest BCUT2D eigenvalue weighted by molar-refractivity contribution is 0.418. The van der Waals surface area contributed by atoms with Gasteiger partial charge in [-0.15, -0.1) is 0 Å². The second kappa shape index (κ2) is 4.78. The molecule has 2 heteroatoms. The van der Waals surface area contributed by atoms with E-state index in [0.29, 0.717) is 0 Å². The van der Waals surface area contributed by atoms with Crippen LogP contribution in [0.5, 0.6) is 0 Å². The van der Waals surface area contributed by atoms with Crippen LogP contribution in [0.3, 0.4) is 0 Å². The minimum absolute atomic E-state index is 0.800. The van der Waals surface area contributed by atoms with Gasteiger partial charge in [0, 0.05) is 0 Å². The number of nitrogens with one attached hydrogen (secondary N) is 1. The summed E-state index contributed by atoms with van der Waals surface area (Å²) >= 11 is 0. The maximum atomic E-state index is 3.45. The summed E-state index contributed by atoms with van der Waals surface area (Å²) in [5, 5.41) is 3.45. The van der Waals surface area contributed by atoms with E-state index in [1.807, 2.05) is 0 Å². The van der Waals surface area contributed by atoms with Gasteiger partial charge in [-0.3, -0.25) is 0 Å². The van der Waals surface area contributed by atoms with Crippen LogP contribution in [0, 0.1) is 0 Å². The Balaban J connectivity index is 2.02. The highest BCUT2D eigenvalue weighted by Crippen LogP contribution is 2.16. The molecule has 0 amide bonds. The van der Waals surface area contributed by atoms with Crippen molar-refractivity contribution in [3.63, 3.8) is 0 Å². The Morgan fingerprint density at radius 1 is 1.30 bits per heavy atom.